The molecule has 0 radical (unpaired) electrons. The molecule has 2 aliphatic heterocycles. The molecule has 1 saturated heterocycles. The van der Waals surface area contributed by atoms with Crippen molar-refractivity contribution in [1.82, 2.24) is 4.90 Å². The molecule has 1 aromatic carbocycles. The summed E-state index contributed by atoms with van der Waals surface area (Å²) in [4.78, 5) is 16.1. The van der Waals surface area contributed by atoms with Gasteiger partial charge < -0.3 is 19.3 Å². The van der Waals surface area contributed by atoms with E-state index in [4.69, 9.17) is 9.47 Å². The maximum Gasteiger partial charge on any atom is 0.265 e. The predicted octanol–water partition coefficient (Wildman–Crippen LogP) is 3.36. The summed E-state index contributed by atoms with van der Waals surface area (Å²) >= 11 is 0. The normalized spacial score (nSPS) is 21.4. The van der Waals surface area contributed by atoms with Crippen molar-refractivity contribution in [3.63, 3.8) is 0 Å². The molecular weight excluding hydrogens is 366 g/mol. The van der Waals surface area contributed by atoms with Crippen LogP contribution in [0, 0.1) is 17.6 Å². The molecule has 0 atom stereocenters. The second kappa shape index (κ2) is 8.74. The molecule has 1 aromatic rings. The molecule has 2 fully saturated rings. The molecule has 3 aliphatic rings. The molecule has 1 aliphatic carbocycles. The molecule has 2 heterocycles. The summed E-state index contributed by atoms with van der Waals surface area (Å²) in [5.41, 5.74) is 0.318. The van der Waals surface area contributed by atoms with Crippen LogP contribution in [0.4, 0.5) is 14.5 Å². The van der Waals surface area contributed by atoms with E-state index in [2.05, 4.69) is 4.90 Å². The Labute approximate surface area is 164 Å². The van der Waals surface area contributed by atoms with Crippen LogP contribution in [0.1, 0.15) is 38.5 Å². The van der Waals surface area contributed by atoms with E-state index >= 15 is 0 Å². The number of amides is 1. The van der Waals surface area contributed by atoms with Gasteiger partial charge in [-0.15, -0.1) is 0 Å². The van der Waals surface area contributed by atoms with E-state index < -0.39 is 11.6 Å². The number of rotatable bonds is 7. The Kier molecular flexibility index (Phi) is 6.11. The van der Waals surface area contributed by atoms with E-state index in [0.717, 1.165) is 63.6 Å². The van der Waals surface area contributed by atoms with Gasteiger partial charge in [0.15, 0.2) is 18.2 Å². The first-order valence-electron chi connectivity index (χ1n) is 10.4. The number of carbonyl (C=O) groups is 1. The summed E-state index contributed by atoms with van der Waals surface area (Å²) < 4.78 is 38.3. The first kappa shape index (κ1) is 19.6. The average Bonchev–Trinajstić information content (AvgIpc) is 2.65. The molecule has 1 amide bonds. The molecule has 0 N–H and O–H groups in total. The van der Waals surface area contributed by atoms with Crippen LogP contribution in [-0.4, -0.2) is 56.3 Å². The minimum atomic E-state index is -0.967. The van der Waals surface area contributed by atoms with Crippen LogP contribution in [0.15, 0.2) is 12.1 Å². The van der Waals surface area contributed by atoms with Crippen molar-refractivity contribution >= 4 is 11.6 Å². The second-order valence-electron chi connectivity index (χ2n) is 8.09. The van der Waals surface area contributed by atoms with Crippen LogP contribution in [0.5, 0.6) is 5.75 Å². The topological polar surface area (TPSA) is 42.0 Å². The molecule has 0 unspecified atom stereocenters. The third-order valence-corrected chi connectivity index (χ3v) is 6.13. The van der Waals surface area contributed by atoms with E-state index in [-0.39, 0.29) is 18.3 Å². The van der Waals surface area contributed by atoms with E-state index in [1.165, 1.54) is 24.2 Å². The molecular formula is C21H28F2N2O3. The van der Waals surface area contributed by atoms with Crippen molar-refractivity contribution in [3.05, 3.63) is 23.8 Å². The largest absolute Gasteiger partial charge is 0.481 e. The van der Waals surface area contributed by atoms with E-state index in [9.17, 15) is 13.6 Å². The number of halogens is 2. The molecule has 7 heteroatoms. The Morgan fingerprint density at radius 2 is 1.82 bits per heavy atom. The zero-order valence-electron chi connectivity index (χ0n) is 16.2. The highest BCUT2D eigenvalue weighted by Crippen LogP contribution is 2.34. The van der Waals surface area contributed by atoms with Gasteiger partial charge >= 0.3 is 0 Å². The van der Waals surface area contributed by atoms with E-state index in [1.807, 2.05) is 0 Å². The van der Waals surface area contributed by atoms with Gasteiger partial charge in [0.25, 0.3) is 5.91 Å². The van der Waals surface area contributed by atoms with Crippen molar-refractivity contribution in [2.75, 3.05) is 44.3 Å². The second-order valence-corrected chi connectivity index (χ2v) is 8.09. The minimum Gasteiger partial charge on any atom is -0.481 e. The lowest BCUT2D eigenvalue weighted by Crippen LogP contribution is -2.42. The fourth-order valence-corrected chi connectivity index (χ4v) is 4.13. The number of piperidine rings is 1. The van der Waals surface area contributed by atoms with Crippen LogP contribution in [0.3, 0.4) is 0 Å². The summed E-state index contributed by atoms with van der Waals surface area (Å²) in [5.74, 6) is -1.14. The van der Waals surface area contributed by atoms with Gasteiger partial charge in [-0.25, -0.2) is 8.78 Å². The SMILES string of the molecule is O=C1COc2cc(F)c(F)cc2N1CCCN1CCC(OCC2CCC2)CC1. The fourth-order valence-electron chi connectivity index (χ4n) is 4.13. The van der Waals surface area contributed by atoms with Crippen LogP contribution >= 0.6 is 0 Å². The Bertz CT molecular complexity index is 703. The summed E-state index contributed by atoms with van der Waals surface area (Å²) in [6, 6.07) is 2.06. The van der Waals surface area contributed by atoms with Gasteiger partial charge in [-0.05, 0) is 44.6 Å². The highest BCUT2D eigenvalue weighted by atomic mass is 19.2. The number of likely N-dealkylation sites (tertiary alicyclic amines) is 1. The van der Waals surface area contributed by atoms with E-state index in [0.29, 0.717) is 18.3 Å². The van der Waals surface area contributed by atoms with Gasteiger partial charge in [-0.1, -0.05) is 6.42 Å². The number of ether oxygens (including phenoxy) is 2. The molecule has 0 aromatic heterocycles. The van der Waals surface area contributed by atoms with Gasteiger partial charge in [0, 0.05) is 38.4 Å². The fraction of sp³-hybridized carbons (Fsp3) is 0.667. The third-order valence-electron chi connectivity index (χ3n) is 6.13. The number of anilines is 1. The highest BCUT2D eigenvalue weighted by Gasteiger charge is 2.28. The lowest BCUT2D eigenvalue weighted by molar-refractivity contribution is -0.121. The van der Waals surface area contributed by atoms with Gasteiger partial charge in [-0.2, -0.15) is 0 Å². The van der Waals surface area contributed by atoms with Gasteiger partial charge in [0.2, 0.25) is 0 Å². The standard InChI is InChI=1S/C21H28F2N2O3/c22-17-11-19-20(12-18(17)23)28-14-21(26)25(19)8-2-7-24-9-5-16(6-10-24)27-13-15-3-1-4-15/h11-12,15-16H,1-10,13-14H2. The number of hydrogen-bond donors (Lipinski definition) is 0. The third kappa shape index (κ3) is 4.46. The van der Waals surface area contributed by atoms with Gasteiger partial charge in [0.1, 0.15) is 5.75 Å². The van der Waals surface area contributed by atoms with Gasteiger partial charge in [0.05, 0.1) is 11.8 Å². The lowest BCUT2D eigenvalue weighted by atomic mass is 9.86. The monoisotopic (exact) mass is 394 g/mol. The molecule has 28 heavy (non-hydrogen) atoms. The zero-order chi connectivity index (χ0) is 19.5. The molecule has 0 spiro atoms. The highest BCUT2D eigenvalue weighted by molar-refractivity contribution is 5.97. The number of carbonyl (C=O) groups excluding carboxylic acids is 1. The minimum absolute atomic E-state index is 0.137. The number of benzene rings is 1. The van der Waals surface area contributed by atoms with Crippen molar-refractivity contribution in [1.29, 1.82) is 0 Å². The van der Waals surface area contributed by atoms with E-state index in [1.54, 1.807) is 0 Å². The maximum absolute atomic E-state index is 13.6. The number of nitrogens with zero attached hydrogens (tertiary/aromatic N) is 2. The number of fused-ring (bicyclic) bond motifs is 1. The van der Waals surface area contributed by atoms with Crippen LogP contribution in [0.2, 0.25) is 0 Å². The maximum atomic E-state index is 13.6. The summed E-state index contributed by atoms with van der Waals surface area (Å²) in [6.07, 6.45) is 7.24. The smallest absolute Gasteiger partial charge is 0.265 e. The van der Waals surface area contributed by atoms with Crippen molar-refractivity contribution in [3.8, 4) is 5.75 Å². The molecule has 0 bridgehead atoms. The average molecular weight is 394 g/mol. The summed E-state index contributed by atoms with van der Waals surface area (Å²) in [6.45, 7) is 4.13. The Morgan fingerprint density at radius 3 is 2.54 bits per heavy atom. The Morgan fingerprint density at radius 1 is 1.07 bits per heavy atom. The van der Waals surface area contributed by atoms with Crippen molar-refractivity contribution < 1.29 is 23.0 Å². The molecule has 154 valence electrons. The molecule has 5 nitrogen and oxygen atoms in total. The summed E-state index contributed by atoms with van der Waals surface area (Å²) in [5, 5.41) is 0. The Balaban J connectivity index is 1.22. The quantitative estimate of drug-likeness (QED) is 0.711. The van der Waals surface area contributed by atoms with Crippen LogP contribution in [-0.2, 0) is 9.53 Å². The molecule has 1 saturated carbocycles. The Hall–Kier alpha value is -1.73. The lowest BCUT2D eigenvalue weighted by Gasteiger charge is -2.34. The predicted molar refractivity (Wildman–Crippen MR) is 102 cm³/mol. The first-order valence-corrected chi connectivity index (χ1v) is 10.4. The summed E-state index contributed by atoms with van der Waals surface area (Å²) in [7, 11) is 0. The van der Waals surface area contributed by atoms with Gasteiger partial charge in [-0.3, -0.25) is 4.79 Å². The van der Waals surface area contributed by atoms with Crippen LogP contribution < -0.4 is 9.64 Å². The first-order chi connectivity index (χ1) is 13.6. The van der Waals surface area contributed by atoms with Crippen LogP contribution in [0.25, 0.3) is 0 Å². The van der Waals surface area contributed by atoms with Crippen molar-refractivity contribution in [2.45, 2.75) is 44.6 Å². The van der Waals surface area contributed by atoms with Crippen molar-refractivity contribution in [2.24, 2.45) is 5.92 Å². The zero-order valence-corrected chi connectivity index (χ0v) is 16.2. The molecule has 4 rings (SSSR count). The number of hydrogen-bond acceptors (Lipinski definition) is 4.